The fraction of sp³-hybridized carbons (Fsp3) is 0.351. The summed E-state index contributed by atoms with van der Waals surface area (Å²) in [5.74, 6) is 0.730. The number of para-hydroxylation sites is 2. The Hall–Kier alpha value is -4.52. The molecule has 1 aliphatic rings. The monoisotopic (exact) mass is 591 g/mol. The second kappa shape index (κ2) is 16.4. The lowest BCUT2D eigenvalue weighted by Crippen LogP contribution is -2.48. The van der Waals surface area contributed by atoms with Crippen LogP contribution in [0.4, 0.5) is 0 Å². The lowest BCUT2D eigenvalue weighted by Gasteiger charge is -2.42. The average Bonchev–Trinajstić information content (AvgIpc) is 3.44. The number of benzene rings is 3. The molecule has 0 atom stereocenters. The van der Waals surface area contributed by atoms with Gasteiger partial charge in [0, 0.05) is 30.6 Å². The average molecular weight is 592 g/mol. The zero-order valence-corrected chi connectivity index (χ0v) is 26.1. The third-order valence-electron chi connectivity index (χ3n) is 8.19. The molecule has 0 spiro atoms. The first-order valence-corrected chi connectivity index (χ1v) is 15.6. The summed E-state index contributed by atoms with van der Waals surface area (Å²) in [6.45, 7) is 10.2. The summed E-state index contributed by atoms with van der Waals surface area (Å²) in [6.07, 6.45) is 7.97. The molecule has 1 fully saturated rings. The molecule has 0 unspecified atom stereocenters. The van der Waals surface area contributed by atoms with Crippen molar-refractivity contribution in [3.05, 3.63) is 114 Å². The summed E-state index contributed by atoms with van der Waals surface area (Å²) >= 11 is 0. The number of aryl methyl sites for hydroxylation is 1. The number of carbonyl (C=O) groups is 2. The number of aromatic nitrogens is 2. The first-order chi connectivity index (χ1) is 21.4. The largest absolute Gasteiger partial charge is 0.343 e. The number of piperidine rings is 1. The Labute approximate surface area is 261 Å². The summed E-state index contributed by atoms with van der Waals surface area (Å²) in [5.41, 5.74) is 5.30. The maximum absolute atomic E-state index is 12.8. The summed E-state index contributed by atoms with van der Waals surface area (Å²) < 4.78 is 0. The number of rotatable bonds is 11. The van der Waals surface area contributed by atoms with Crippen LogP contribution >= 0.6 is 0 Å². The number of hydrogen-bond acceptors (Lipinski definition) is 4. The second-order valence-electron chi connectivity index (χ2n) is 11.6. The number of likely N-dealkylation sites (tertiary alicyclic amines) is 1. The molecule has 0 bridgehead atoms. The summed E-state index contributed by atoms with van der Waals surface area (Å²) in [5, 5.41) is 2.76. The number of nitrogens with zero attached hydrogens (tertiary/aromatic N) is 3. The van der Waals surface area contributed by atoms with Crippen LogP contribution in [0.25, 0.3) is 11.0 Å². The van der Waals surface area contributed by atoms with Crippen LogP contribution in [0, 0.1) is 6.92 Å². The smallest absolute Gasteiger partial charge is 0.251 e. The zero-order valence-electron chi connectivity index (χ0n) is 26.1. The normalized spacial score (nSPS) is 14.2. The number of hydrogen-bond donors (Lipinski definition) is 2. The second-order valence-corrected chi connectivity index (χ2v) is 11.6. The van der Waals surface area contributed by atoms with Crippen molar-refractivity contribution in [2.45, 2.75) is 57.8 Å². The van der Waals surface area contributed by atoms with Gasteiger partial charge in [-0.25, -0.2) is 4.98 Å². The molecule has 5 rings (SSSR count). The van der Waals surface area contributed by atoms with Crippen molar-refractivity contribution in [3.8, 4) is 0 Å². The van der Waals surface area contributed by atoms with E-state index in [1.807, 2.05) is 60.4 Å². The van der Waals surface area contributed by atoms with E-state index in [0.29, 0.717) is 18.7 Å². The number of amides is 2. The molecule has 0 saturated carbocycles. The Bertz CT molecular complexity index is 1490. The summed E-state index contributed by atoms with van der Waals surface area (Å²) in [6, 6.07) is 27.6. The van der Waals surface area contributed by atoms with E-state index >= 15 is 0 Å². The molecular weight excluding hydrogens is 546 g/mol. The Kier molecular flexibility index (Phi) is 12.0. The molecule has 1 saturated heterocycles. The van der Waals surface area contributed by atoms with Crippen molar-refractivity contribution in [2.24, 2.45) is 4.99 Å². The van der Waals surface area contributed by atoms with Gasteiger partial charge in [-0.05, 0) is 88.4 Å². The summed E-state index contributed by atoms with van der Waals surface area (Å²) in [4.78, 5) is 39.0. The van der Waals surface area contributed by atoms with Gasteiger partial charge in [0.25, 0.3) is 5.91 Å². The van der Waals surface area contributed by atoms with Crippen LogP contribution < -0.4 is 5.32 Å². The molecule has 1 aromatic heterocycles. The van der Waals surface area contributed by atoms with Gasteiger partial charge in [0.2, 0.25) is 5.91 Å². The van der Waals surface area contributed by atoms with Gasteiger partial charge in [-0.1, -0.05) is 66.2 Å². The van der Waals surface area contributed by atoms with Gasteiger partial charge < -0.3 is 15.2 Å². The quantitative estimate of drug-likeness (QED) is 0.111. The molecule has 230 valence electrons. The fourth-order valence-electron chi connectivity index (χ4n) is 5.65. The number of carbonyl (C=O) groups excluding carboxylic acids is 2. The minimum absolute atomic E-state index is 0.0264. The minimum Gasteiger partial charge on any atom is -0.343 e. The van der Waals surface area contributed by atoms with Crippen LogP contribution in [0.2, 0.25) is 0 Å². The highest BCUT2D eigenvalue weighted by atomic mass is 16.2. The van der Waals surface area contributed by atoms with E-state index < -0.39 is 0 Å². The van der Waals surface area contributed by atoms with Crippen LogP contribution in [-0.4, -0.2) is 59.1 Å². The number of imidazole rings is 1. The fourth-order valence-corrected chi connectivity index (χ4v) is 5.65. The van der Waals surface area contributed by atoms with Crippen molar-refractivity contribution in [1.82, 2.24) is 20.2 Å². The predicted octanol–water partition coefficient (Wildman–Crippen LogP) is 7.06. The van der Waals surface area contributed by atoms with E-state index in [-0.39, 0.29) is 23.8 Å². The molecule has 4 aromatic rings. The van der Waals surface area contributed by atoms with Crippen molar-refractivity contribution in [2.75, 3.05) is 26.2 Å². The molecule has 44 heavy (non-hydrogen) atoms. The topological polar surface area (TPSA) is 90.4 Å². The van der Waals surface area contributed by atoms with Gasteiger partial charge in [-0.3, -0.25) is 14.6 Å². The Morgan fingerprint density at radius 1 is 1.00 bits per heavy atom. The number of aromatic amines is 1. The minimum atomic E-state index is -0.217. The standard InChI is InChI=1S/C29H37N3O2.C8H8N2/c1-24(2)11-9-10-19-30-20-16-29(26-14-7-4-8-15-26)17-21-32(22-18-29)27(33)23-31-28(34)25-12-5-3-6-13-25;1-6-9-7-4-2-3-5-8(7)10-6/h3-8,12-15,19H,1,9-11,16-18,20-23H2,2H3,(H,31,34);2-5H,1H3,(H,9,10). The molecule has 1 aliphatic heterocycles. The van der Waals surface area contributed by atoms with Crippen molar-refractivity contribution >= 4 is 29.1 Å². The highest BCUT2D eigenvalue weighted by molar-refractivity contribution is 5.96. The van der Waals surface area contributed by atoms with E-state index in [1.165, 1.54) is 11.1 Å². The van der Waals surface area contributed by atoms with Gasteiger partial charge in [-0.2, -0.15) is 0 Å². The number of aliphatic imine (C=N–C) groups is 1. The molecular formula is C37H45N5O2. The van der Waals surface area contributed by atoms with Crippen LogP contribution in [0.3, 0.4) is 0 Å². The van der Waals surface area contributed by atoms with E-state index in [2.05, 4.69) is 64.3 Å². The van der Waals surface area contributed by atoms with Gasteiger partial charge in [0.1, 0.15) is 5.82 Å². The van der Waals surface area contributed by atoms with Gasteiger partial charge >= 0.3 is 0 Å². The van der Waals surface area contributed by atoms with Crippen LogP contribution in [-0.2, 0) is 10.2 Å². The third-order valence-corrected chi connectivity index (χ3v) is 8.19. The molecule has 2 N–H and O–H groups in total. The SMILES string of the molecule is C=C(C)CCCC=NCCC1(c2ccccc2)CCN(C(=O)CNC(=O)c2ccccc2)CC1.Cc1nc2ccccc2[nH]1. The molecule has 7 heteroatoms. The number of allylic oxidation sites excluding steroid dienone is 1. The Morgan fingerprint density at radius 3 is 2.34 bits per heavy atom. The maximum Gasteiger partial charge on any atom is 0.251 e. The first kappa shape index (κ1) is 32.4. The number of nitrogens with one attached hydrogen (secondary N) is 2. The molecule has 0 radical (unpaired) electrons. The lowest BCUT2D eigenvalue weighted by molar-refractivity contribution is -0.131. The third kappa shape index (κ3) is 9.49. The maximum atomic E-state index is 12.8. The highest BCUT2D eigenvalue weighted by Crippen LogP contribution is 2.38. The zero-order chi connectivity index (χ0) is 31.2. The van der Waals surface area contributed by atoms with Crippen molar-refractivity contribution < 1.29 is 9.59 Å². The van der Waals surface area contributed by atoms with Crippen LogP contribution in [0.5, 0.6) is 0 Å². The van der Waals surface area contributed by atoms with E-state index in [0.717, 1.165) is 61.9 Å². The first-order valence-electron chi connectivity index (χ1n) is 15.6. The van der Waals surface area contributed by atoms with E-state index in [4.69, 9.17) is 0 Å². The van der Waals surface area contributed by atoms with Crippen molar-refractivity contribution in [1.29, 1.82) is 0 Å². The van der Waals surface area contributed by atoms with E-state index in [9.17, 15) is 9.59 Å². The van der Waals surface area contributed by atoms with Gasteiger partial charge in [-0.15, -0.1) is 6.58 Å². The highest BCUT2D eigenvalue weighted by Gasteiger charge is 2.36. The van der Waals surface area contributed by atoms with Crippen LogP contribution in [0.1, 0.15) is 67.2 Å². The van der Waals surface area contributed by atoms with Crippen LogP contribution in [0.15, 0.2) is 102 Å². The molecule has 7 nitrogen and oxygen atoms in total. The van der Waals surface area contributed by atoms with Gasteiger partial charge in [0.15, 0.2) is 0 Å². The Morgan fingerprint density at radius 2 is 1.66 bits per heavy atom. The lowest BCUT2D eigenvalue weighted by atomic mass is 9.70. The Balaban J connectivity index is 0.000000369. The molecule has 2 heterocycles. The predicted molar refractivity (Wildman–Crippen MR) is 180 cm³/mol. The van der Waals surface area contributed by atoms with E-state index in [1.54, 1.807) is 12.1 Å². The molecule has 0 aliphatic carbocycles. The number of H-pyrrole nitrogens is 1. The number of fused-ring (bicyclic) bond motifs is 1. The number of unbranched alkanes of at least 4 members (excludes halogenated alkanes) is 1. The van der Waals surface area contributed by atoms with Gasteiger partial charge in [0.05, 0.1) is 17.6 Å². The molecule has 3 aromatic carbocycles. The molecule has 2 amide bonds. The summed E-state index contributed by atoms with van der Waals surface area (Å²) in [7, 11) is 0. The van der Waals surface area contributed by atoms with Crippen molar-refractivity contribution in [3.63, 3.8) is 0 Å².